The molecular weight excluding hydrogens is 309 g/mol. The van der Waals surface area contributed by atoms with E-state index in [4.69, 9.17) is 0 Å². The van der Waals surface area contributed by atoms with Crippen molar-refractivity contribution in [3.8, 4) is 5.75 Å². The van der Waals surface area contributed by atoms with Crippen LogP contribution in [0.1, 0.15) is 23.2 Å². The van der Waals surface area contributed by atoms with Crippen molar-refractivity contribution in [1.82, 2.24) is 14.7 Å². The van der Waals surface area contributed by atoms with Gasteiger partial charge in [-0.05, 0) is 44.0 Å². The van der Waals surface area contributed by atoms with Gasteiger partial charge in [0.1, 0.15) is 11.6 Å². The average Bonchev–Trinajstić information content (AvgIpc) is 2.59. The van der Waals surface area contributed by atoms with Gasteiger partial charge in [0.15, 0.2) is 0 Å². The van der Waals surface area contributed by atoms with Gasteiger partial charge in [-0.1, -0.05) is 0 Å². The van der Waals surface area contributed by atoms with Crippen molar-refractivity contribution >= 4 is 5.91 Å². The summed E-state index contributed by atoms with van der Waals surface area (Å²) < 4.78 is 13.4. The summed E-state index contributed by atoms with van der Waals surface area (Å²) in [5.41, 5.74) is 0.0650. The Balaban J connectivity index is 1.60. The Morgan fingerprint density at radius 1 is 1.25 bits per heavy atom. The molecule has 0 bridgehead atoms. The number of nitrogens with zero attached hydrogens (tertiary/aromatic N) is 3. The summed E-state index contributed by atoms with van der Waals surface area (Å²) in [5, 5.41) is 9.86. The first-order chi connectivity index (χ1) is 11.5. The third-order valence-corrected chi connectivity index (χ3v) is 5.11. The summed E-state index contributed by atoms with van der Waals surface area (Å²) in [6.45, 7) is 6.69. The fraction of sp³-hybridized carbons (Fsp3) is 0.611. The molecule has 24 heavy (non-hydrogen) atoms. The number of amides is 1. The monoisotopic (exact) mass is 335 g/mol. The van der Waals surface area contributed by atoms with Gasteiger partial charge in [-0.25, -0.2) is 4.39 Å². The van der Waals surface area contributed by atoms with Gasteiger partial charge in [0.05, 0.1) is 5.56 Å². The second-order valence-electron chi connectivity index (χ2n) is 7.02. The van der Waals surface area contributed by atoms with Crippen LogP contribution in [0.2, 0.25) is 0 Å². The van der Waals surface area contributed by atoms with Gasteiger partial charge in [-0.3, -0.25) is 4.79 Å². The third kappa shape index (κ3) is 4.05. The molecule has 2 aliphatic rings. The lowest BCUT2D eigenvalue weighted by Gasteiger charge is -2.38. The molecule has 5 nitrogen and oxygen atoms in total. The number of piperazine rings is 1. The number of aromatic hydroxyl groups is 1. The van der Waals surface area contributed by atoms with E-state index < -0.39 is 5.82 Å². The van der Waals surface area contributed by atoms with Crippen LogP contribution >= 0.6 is 0 Å². The van der Waals surface area contributed by atoms with Crippen molar-refractivity contribution in [3.05, 3.63) is 29.6 Å². The molecule has 0 aromatic heterocycles. The number of likely N-dealkylation sites (tertiary alicyclic amines) is 1. The Hall–Kier alpha value is -1.66. The molecular formula is C18H26FN3O2. The molecule has 1 aromatic rings. The Bertz CT molecular complexity index is 588. The van der Waals surface area contributed by atoms with E-state index in [2.05, 4.69) is 16.8 Å². The van der Waals surface area contributed by atoms with Crippen LogP contribution in [-0.4, -0.2) is 78.6 Å². The number of carbonyl (C=O) groups is 1. The molecule has 0 aliphatic carbocycles. The van der Waals surface area contributed by atoms with Gasteiger partial charge in [0.25, 0.3) is 5.91 Å². The van der Waals surface area contributed by atoms with Crippen LogP contribution in [-0.2, 0) is 0 Å². The number of likely N-dealkylation sites (N-methyl/N-ethyl adjacent to an activating group) is 1. The standard InChI is InChI=1S/C18H26FN3O2/c1-20-7-9-21(10-8-20)12-14-3-2-6-22(13-14)18(24)16-11-15(19)4-5-17(16)23/h4-5,11,14,23H,2-3,6-10,12-13H2,1H3/t14-/m0/s1. The molecule has 1 aromatic carbocycles. The maximum atomic E-state index is 13.4. The van der Waals surface area contributed by atoms with E-state index in [1.165, 1.54) is 12.1 Å². The molecule has 1 atom stereocenters. The summed E-state index contributed by atoms with van der Waals surface area (Å²) in [5.74, 6) is -0.471. The molecule has 2 aliphatic heterocycles. The quantitative estimate of drug-likeness (QED) is 0.912. The highest BCUT2D eigenvalue weighted by Gasteiger charge is 2.28. The molecule has 0 unspecified atom stereocenters. The molecule has 1 N–H and O–H groups in total. The number of carbonyl (C=O) groups excluding carboxylic acids is 1. The molecule has 132 valence electrons. The fourth-order valence-electron chi connectivity index (χ4n) is 3.64. The fourth-order valence-corrected chi connectivity index (χ4v) is 3.64. The van der Waals surface area contributed by atoms with Gasteiger partial charge in [0, 0.05) is 45.8 Å². The van der Waals surface area contributed by atoms with Crippen LogP contribution in [0.5, 0.6) is 5.75 Å². The zero-order chi connectivity index (χ0) is 17.1. The molecule has 0 radical (unpaired) electrons. The van der Waals surface area contributed by atoms with E-state index in [0.717, 1.165) is 51.6 Å². The summed E-state index contributed by atoms with van der Waals surface area (Å²) in [4.78, 5) is 19.2. The van der Waals surface area contributed by atoms with Crippen LogP contribution in [0.4, 0.5) is 4.39 Å². The van der Waals surface area contributed by atoms with Gasteiger partial charge in [0.2, 0.25) is 0 Å². The first kappa shape index (κ1) is 17.2. The molecule has 2 saturated heterocycles. The number of halogens is 1. The number of phenols is 1. The molecule has 0 saturated carbocycles. The summed E-state index contributed by atoms with van der Waals surface area (Å²) in [6.07, 6.45) is 2.07. The molecule has 6 heteroatoms. The van der Waals surface area contributed by atoms with Gasteiger partial charge >= 0.3 is 0 Å². The highest BCUT2D eigenvalue weighted by molar-refractivity contribution is 5.96. The minimum Gasteiger partial charge on any atom is -0.507 e. The van der Waals surface area contributed by atoms with Gasteiger partial charge in [-0.2, -0.15) is 0 Å². The summed E-state index contributed by atoms with van der Waals surface area (Å²) >= 11 is 0. The highest BCUT2D eigenvalue weighted by Crippen LogP contribution is 2.24. The van der Waals surface area contributed by atoms with E-state index in [9.17, 15) is 14.3 Å². The summed E-state index contributed by atoms with van der Waals surface area (Å²) in [6, 6.07) is 3.54. The van der Waals surface area contributed by atoms with Crippen molar-refractivity contribution < 1.29 is 14.3 Å². The van der Waals surface area contributed by atoms with Crippen LogP contribution in [0.25, 0.3) is 0 Å². The Morgan fingerprint density at radius 2 is 2.00 bits per heavy atom. The largest absolute Gasteiger partial charge is 0.507 e. The first-order valence-corrected chi connectivity index (χ1v) is 8.71. The molecule has 1 amide bonds. The zero-order valence-electron chi connectivity index (χ0n) is 14.2. The van der Waals surface area contributed by atoms with E-state index in [1.807, 2.05) is 0 Å². The number of rotatable bonds is 3. The third-order valence-electron chi connectivity index (χ3n) is 5.11. The van der Waals surface area contributed by atoms with E-state index in [-0.39, 0.29) is 17.2 Å². The minimum absolute atomic E-state index is 0.0650. The van der Waals surface area contributed by atoms with E-state index >= 15 is 0 Å². The first-order valence-electron chi connectivity index (χ1n) is 8.71. The Labute approximate surface area is 142 Å². The van der Waals surface area contributed by atoms with E-state index in [0.29, 0.717) is 19.0 Å². The topological polar surface area (TPSA) is 47.0 Å². The maximum Gasteiger partial charge on any atom is 0.257 e. The van der Waals surface area contributed by atoms with E-state index in [1.54, 1.807) is 4.90 Å². The number of phenolic OH excluding ortho intramolecular Hbond substituents is 1. The van der Waals surface area contributed by atoms with Gasteiger partial charge < -0.3 is 19.8 Å². The average molecular weight is 335 g/mol. The normalized spacial score (nSPS) is 23.4. The maximum absolute atomic E-state index is 13.4. The summed E-state index contributed by atoms with van der Waals surface area (Å²) in [7, 11) is 2.14. The van der Waals surface area contributed by atoms with Gasteiger partial charge in [-0.15, -0.1) is 0 Å². The minimum atomic E-state index is -0.498. The molecule has 2 heterocycles. The number of hydrogen-bond donors (Lipinski definition) is 1. The van der Waals surface area contributed by atoms with Crippen LogP contribution < -0.4 is 0 Å². The van der Waals surface area contributed by atoms with Crippen molar-refractivity contribution in [2.24, 2.45) is 5.92 Å². The van der Waals surface area contributed by atoms with Crippen LogP contribution in [0, 0.1) is 11.7 Å². The second-order valence-corrected chi connectivity index (χ2v) is 7.02. The van der Waals surface area contributed by atoms with Crippen molar-refractivity contribution in [1.29, 1.82) is 0 Å². The zero-order valence-corrected chi connectivity index (χ0v) is 14.2. The van der Waals surface area contributed by atoms with Crippen molar-refractivity contribution in [2.45, 2.75) is 12.8 Å². The molecule has 0 spiro atoms. The molecule has 3 rings (SSSR count). The number of hydrogen-bond acceptors (Lipinski definition) is 4. The number of piperidine rings is 1. The Morgan fingerprint density at radius 3 is 2.75 bits per heavy atom. The Kier molecular flexibility index (Phi) is 5.36. The van der Waals surface area contributed by atoms with Crippen LogP contribution in [0.3, 0.4) is 0 Å². The number of benzene rings is 1. The lowest BCUT2D eigenvalue weighted by molar-refractivity contribution is 0.0606. The lowest BCUT2D eigenvalue weighted by Crippen LogP contribution is -2.49. The van der Waals surface area contributed by atoms with Crippen molar-refractivity contribution in [2.75, 3.05) is 52.9 Å². The smallest absolute Gasteiger partial charge is 0.257 e. The predicted molar refractivity (Wildman–Crippen MR) is 90.6 cm³/mol. The predicted octanol–water partition coefficient (Wildman–Crippen LogP) is 1.63. The van der Waals surface area contributed by atoms with Crippen LogP contribution in [0.15, 0.2) is 18.2 Å². The highest BCUT2D eigenvalue weighted by atomic mass is 19.1. The molecule has 2 fully saturated rings. The SMILES string of the molecule is CN1CCN(C[C@@H]2CCCN(C(=O)c3cc(F)ccc3O)C2)CC1. The second kappa shape index (κ2) is 7.49. The lowest BCUT2D eigenvalue weighted by atomic mass is 9.96. The van der Waals surface area contributed by atoms with Crippen molar-refractivity contribution in [3.63, 3.8) is 0 Å².